The van der Waals surface area contributed by atoms with Gasteiger partial charge in [-0.2, -0.15) is 4.98 Å². The van der Waals surface area contributed by atoms with Gasteiger partial charge < -0.3 is 15.1 Å². The smallest absolute Gasteiger partial charge is 0.298 e. The molecule has 0 radical (unpaired) electrons. The second-order valence-electron chi connectivity index (χ2n) is 4.62. The van der Waals surface area contributed by atoms with Crippen LogP contribution in [-0.2, 0) is 0 Å². The van der Waals surface area contributed by atoms with Crippen LogP contribution >= 0.6 is 0 Å². The van der Waals surface area contributed by atoms with Gasteiger partial charge in [0.2, 0.25) is 0 Å². The lowest BCUT2D eigenvalue weighted by Gasteiger charge is -2.18. The standard InChI is InChI=1S/C13H19N3O/c1-4-9(2)8-16(3)13-15-11-7-10(14)5-6-12(11)17-13/h5-7,9H,4,8,14H2,1-3H3. The lowest BCUT2D eigenvalue weighted by Crippen LogP contribution is -2.23. The molecular formula is C13H19N3O. The summed E-state index contributed by atoms with van der Waals surface area (Å²) < 4.78 is 5.69. The predicted octanol–water partition coefficient (Wildman–Crippen LogP) is 2.89. The van der Waals surface area contributed by atoms with Gasteiger partial charge in [0, 0.05) is 19.3 Å². The van der Waals surface area contributed by atoms with Crippen molar-refractivity contribution in [1.82, 2.24) is 4.98 Å². The summed E-state index contributed by atoms with van der Waals surface area (Å²) in [5.41, 5.74) is 8.02. The third-order valence-corrected chi connectivity index (χ3v) is 3.01. The molecule has 92 valence electrons. The molecule has 0 bridgehead atoms. The molecule has 4 nitrogen and oxygen atoms in total. The Balaban J connectivity index is 2.24. The molecule has 1 aromatic heterocycles. The van der Waals surface area contributed by atoms with E-state index in [1.54, 1.807) is 0 Å². The molecule has 2 N–H and O–H groups in total. The predicted molar refractivity (Wildman–Crippen MR) is 71.1 cm³/mol. The van der Waals surface area contributed by atoms with Crippen molar-refractivity contribution >= 4 is 22.8 Å². The highest BCUT2D eigenvalue weighted by Crippen LogP contribution is 2.23. The molecule has 4 heteroatoms. The molecule has 0 saturated heterocycles. The number of anilines is 2. The summed E-state index contributed by atoms with van der Waals surface area (Å²) >= 11 is 0. The molecule has 0 amide bonds. The van der Waals surface area contributed by atoms with Crippen LogP contribution in [0.25, 0.3) is 11.1 Å². The number of nitrogen functional groups attached to an aromatic ring is 1. The monoisotopic (exact) mass is 233 g/mol. The van der Waals surface area contributed by atoms with Crippen molar-refractivity contribution in [3.05, 3.63) is 18.2 Å². The summed E-state index contributed by atoms with van der Waals surface area (Å²) in [5, 5.41) is 0. The third-order valence-electron chi connectivity index (χ3n) is 3.01. The van der Waals surface area contributed by atoms with Crippen molar-refractivity contribution in [1.29, 1.82) is 0 Å². The highest BCUT2D eigenvalue weighted by atomic mass is 16.4. The van der Waals surface area contributed by atoms with E-state index in [0.29, 0.717) is 17.6 Å². The van der Waals surface area contributed by atoms with Crippen LogP contribution < -0.4 is 10.6 Å². The number of hydrogen-bond acceptors (Lipinski definition) is 4. The number of fused-ring (bicyclic) bond motifs is 1. The van der Waals surface area contributed by atoms with Gasteiger partial charge >= 0.3 is 0 Å². The van der Waals surface area contributed by atoms with Crippen LogP contribution in [0.3, 0.4) is 0 Å². The van der Waals surface area contributed by atoms with Crippen molar-refractivity contribution in [2.24, 2.45) is 5.92 Å². The maximum absolute atomic E-state index is 5.72. The fraction of sp³-hybridized carbons (Fsp3) is 0.462. The molecule has 1 heterocycles. The van der Waals surface area contributed by atoms with E-state index in [1.165, 1.54) is 0 Å². The van der Waals surface area contributed by atoms with Crippen molar-refractivity contribution < 1.29 is 4.42 Å². The van der Waals surface area contributed by atoms with Crippen LogP contribution in [0.2, 0.25) is 0 Å². The average Bonchev–Trinajstić information content (AvgIpc) is 2.71. The van der Waals surface area contributed by atoms with Crippen LogP contribution in [0.4, 0.5) is 11.7 Å². The number of benzene rings is 1. The first-order valence-corrected chi connectivity index (χ1v) is 5.97. The Kier molecular flexibility index (Phi) is 3.22. The van der Waals surface area contributed by atoms with Gasteiger partial charge in [-0.15, -0.1) is 0 Å². The minimum atomic E-state index is 0.625. The number of nitrogens with zero attached hydrogens (tertiary/aromatic N) is 2. The van der Waals surface area contributed by atoms with Gasteiger partial charge in [0.25, 0.3) is 6.01 Å². The van der Waals surface area contributed by atoms with Gasteiger partial charge in [0.1, 0.15) is 5.52 Å². The van der Waals surface area contributed by atoms with Crippen LogP contribution in [-0.4, -0.2) is 18.6 Å². The lowest BCUT2D eigenvalue weighted by atomic mass is 10.1. The van der Waals surface area contributed by atoms with Gasteiger partial charge in [-0.05, 0) is 24.1 Å². The van der Waals surface area contributed by atoms with Gasteiger partial charge in [-0.1, -0.05) is 20.3 Å². The Morgan fingerprint density at radius 1 is 1.47 bits per heavy atom. The highest BCUT2D eigenvalue weighted by molar-refractivity contribution is 5.78. The highest BCUT2D eigenvalue weighted by Gasteiger charge is 2.12. The molecule has 2 rings (SSSR count). The summed E-state index contributed by atoms with van der Waals surface area (Å²) in [4.78, 5) is 6.49. The number of hydrogen-bond donors (Lipinski definition) is 1. The van der Waals surface area contributed by atoms with Gasteiger partial charge in [0.05, 0.1) is 0 Å². The minimum Gasteiger partial charge on any atom is -0.423 e. The van der Waals surface area contributed by atoms with Gasteiger partial charge in [0.15, 0.2) is 5.58 Å². The average molecular weight is 233 g/mol. The molecule has 0 aliphatic carbocycles. The Bertz CT molecular complexity index is 506. The molecule has 1 unspecified atom stereocenters. The largest absolute Gasteiger partial charge is 0.423 e. The fourth-order valence-corrected chi connectivity index (χ4v) is 1.77. The molecular weight excluding hydrogens is 214 g/mol. The van der Waals surface area contributed by atoms with E-state index in [0.717, 1.165) is 24.1 Å². The Hall–Kier alpha value is -1.71. The summed E-state index contributed by atoms with van der Waals surface area (Å²) in [6.45, 7) is 5.35. The van der Waals surface area contributed by atoms with Crippen molar-refractivity contribution in [2.45, 2.75) is 20.3 Å². The van der Waals surface area contributed by atoms with E-state index in [1.807, 2.05) is 30.1 Å². The van der Waals surface area contributed by atoms with E-state index >= 15 is 0 Å². The van der Waals surface area contributed by atoms with E-state index in [2.05, 4.69) is 18.8 Å². The third kappa shape index (κ3) is 2.52. The zero-order valence-electron chi connectivity index (χ0n) is 10.6. The van der Waals surface area contributed by atoms with Crippen LogP contribution in [0, 0.1) is 5.92 Å². The second kappa shape index (κ2) is 4.65. The Labute approximate surface area is 101 Å². The van der Waals surface area contributed by atoms with Crippen molar-refractivity contribution in [3.63, 3.8) is 0 Å². The van der Waals surface area contributed by atoms with E-state index < -0.39 is 0 Å². The van der Waals surface area contributed by atoms with Gasteiger partial charge in [-0.3, -0.25) is 0 Å². The quantitative estimate of drug-likeness (QED) is 0.825. The number of nitrogens with two attached hydrogens (primary N) is 1. The second-order valence-corrected chi connectivity index (χ2v) is 4.62. The summed E-state index contributed by atoms with van der Waals surface area (Å²) in [6.07, 6.45) is 1.15. The van der Waals surface area contributed by atoms with Crippen LogP contribution in [0.5, 0.6) is 0 Å². The molecule has 0 fully saturated rings. The Morgan fingerprint density at radius 3 is 2.94 bits per heavy atom. The topological polar surface area (TPSA) is 55.3 Å². The summed E-state index contributed by atoms with van der Waals surface area (Å²) in [6, 6.07) is 6.18. The van der Waals surface area contributed by atoms with Crippen molar-refractivity contribution in [2.75, 3.05) is 24.2 Å². The molecule has 1 atom stereocenters. The molecule has 0 spiro atoms. The molecule has 0 aliphatic rings. The first-order chi connectivity index (χ1) is 8.10. The van der Waals surface area contributed by atoms with Gasteiger partial charge in [-0.25, -0.2) is 0 Å². The van der Waals surface area contributed by atoms with E-state index in [-0.39, 0.29) is 0 Å². The number of aromatic nitrogens is 1. The zero-order chi connectivity index (χ0) is 12.4. The normalized spacial score (nSPS) is 12.9. The van der Waals surface area contributed by atoms with E-state index in [4.69, 9.17) is 10.2 Å². The fourth-order valence-electron chi connectivity index (χ4n) is 1.77. The Morgan fingerprint density at radius 2 is 2.24 bits per heavy atom. The van der Waals surface area contributed by atoms with Crippen LogP contribution in [0.1, 0.15) is 20.3 Å². The van der Waals surface area contributed by atoms with E-state index in [9.17, 15) is 0 Å². The molecule has 0 aliphatic heterocycles. The number of rotatable bonds is 4. The maximum atomic E-state index is 5.72. The molecule has 1 aromatic carbocycles. The molecule has 17 heavy (non-hydrogen) atoms. The maximum Gasteiger partial charge on any atom is 0.298 e. The first-order valence-electron chi connectivity index (χ1n) is 5.97. The lowest BCUT2D eigenvalue weighted by molar-refractivity contribution is 0.518. The minimum absolute atomic E-state index is 0.625. The molecule has 2 aromatic rings. The SMILES string of the molecule is CCC(C)CN(C)c1nc2cc(N)ccc2o1. The van der Waals surface area contributed by atoms with Crippen LogP contribution in [0.15, 0.2) is 22.6 Å². The summed E-state index contributed by atoms with van der Waals surface area (Å²) in [7, 11) is 2.00. The summed E-state index contributed by atoms with van der Waals surface area (Å²) in [5.74, 6) is 0.625. The first kappa shape index (κ1) is 11.8. The van der Waals surface area contributed by atoms with Crippen molar-refractivity contribution in [3.8, 4) is 0 Å². The molecule has 0 saturated carbocycles. The zero-order valence-corrected chi connectivity index (χ0v) is 10.6. The number of oxazole rings is 1.